The van der Waals surface area contributed by atoms with Crippen LogP contribution in [0.5, 0.6) is 0 Å². The van der Waals surface area contributed by atoms with Gasteiger partial charge in [0.05, 0.1) is 12.4 Å². The Kier molecular flexibility index (Phi) is 6.04. The second-order valence-electron chi connectivity index (χ2n) is 5.47. The molecular formula is C14H19ClN6O3. The Morgan fingerprint density at radius 1 is 1.21 bits per heavy atom. The first-order valence-corrected chi connectivity index (χ1v) is 7.56. The molecule has 24 heavy (non-hydrogen) atoms. The Morgan fingerprint density at radius 2 is 1.96 bits per heavy atom. The molecule has 0 aromatic carbocycles. The Bertz CT molecular complexity index is 617. The van der Waals surface area contributed by atoms with Crippen LogP contribution in [0.1, 0.15) is 23.3 Å². The van der Waals surface area contributed by atoms with Crippen LogP contribution in [0.4, 0.5) is 5.82 Å². The SMILES string of the molecule is Cl.O=C1CCC(NC(=O)c2cnc(N3CCNCC3)cn2)C(=O)N1. The van der Waals surface area contributed by atoms with Crippen molar-refractivity contribution in [1.82, 2.24) is 25.9 Å². The fourth-order valence-electron chi connectivity index (χ4n) is 2.56. The number of hydrogen-bond acceptors (Lipinski definition) is 7. The van der Waals surface area contributed by atoms with E-state index in [1.807, 2.05) is 0 Å². The van der Waals surface area contributed by atoms with Crippen LogP contribution in [0.3, 0.4) is 0 Å². The van der Waals surface area contributed by atoms with E-state index in [0.29, 0.717) is 6.42 Å². The number of piperazine rings is 1. The molecular weight excluding hydrogens is 336 g/mol. The molecule has 0 bridgehead atoms. The second-order valence-corrected chi connectivity index (χ2v) is 5.47. The summed E-state index contributed by atoms with van der Waals surface area (Å²) in [4.78, 5) is 45.3. The van der Waals surface area contributed by atoms with Crippen molar-refractivity contribution < 1.29 is 14.4 Å². The van der Waals surface area contributed by atoms with Crippen LogP contribution >= 0.6 is 12.4 Å². The van der Waals surface area contributed by atoms with Crippen molar-refractivity contribution in [2.75, 3.05) is 31.1 Å². The van der Waals surface area contributed by atoms with Gasteiger partial charge in [0, 0.05) is 32.6 Å². The van der Waals surface area contributed by atoms with Crippen LogP contribution in [-0.4, -0.2) is 59.9 Å². The number of hydrogen-bond donors (Lipinski definition) is 3. The van der Waals surface area contributed by atoms with E-state index in [9.17, 15) is 14.4 Å². The summed E-state index contributed by atoms with van der Waals surface area (Å²) in [6, 6.07) is -0.713. The molecule has 1 aromatic heterocycles. The minimum Gasteiger partial charge on any atom is -0.353 e. The monoisotopic (exact) mass is 354 g/mol. The molecule has 9 nitrogen and oxygen atoms in total. The lowest BCUT2D eigenvalue weighted by Gasteiger charge is -2.28. The van der Waals surface area contributed by atoms with Gasteiger partial charge in [0.2, 0.25) is 11.8 Å². The van der Waals surface area contributed by atoms with Gasteiger partial charge >= 0.3 is 0 Å². The van der Waals surface area contributed by atoms with Crippen LogP contribution < -0.4 is 20.9 Å². The number of halogens is 1. The first kappa shape index (κ1) is 18.1. The maximum atomic E-state index is 12.1. The molecule has 0 saturated carbocycles. The predicted molar refractivity (Wildman–Crippen MR) is 88.0 cm³/mol. The highest BCUT2D eigenvalue weighted by atomic mass is 35.5. The third kappa shape index (κ3) is 4.18. The molecule has 3 amide bonds. The molecule has 0 aliphatic carbocycles. The summed E-state index contributed by atoms with van der Waals surface area (Å²) in [6.45, 7) is 3.46. The van der Waals surface area contributed by atoms with E-state index in [1.54, 1.807) is 6.20 Å². The zero-order chi connectivity index (χ0) is 16.2. The maximum absolute atomic E-state index is 12.1. The number of aromatic nitrogens is 2. The number of nitrogens with one attached hydrogen (secondary N) is 3. The number of piperidine rings is 1. The molecule has 2 saturated heterocycles. The quantitative estimate of drug-likeness (QED) is 0.586. The summed E-state index contributed by atoms with van der Waals surface area (Å²) < 4.78 is 0. The average Bonchev–Trinajstić information content (AvgIpc) is 2.58. The van der Waals surface area contributed by atoms with E-state index in [2.05, 4.69) is 30.8 Å². The van der Waals surface area contributed by atoms with Gasteiger partial charge in [-0.15, -0.1) is 12.4 Å². The number of anilines is 1. The molecule has 2 fully saturated rings. The molecule has 10 heteroatoms. The molecule has 1 unspecified atom stereocenters. The fraction of sp³-hybridized carbons (Fsp3) is 0.500. The van der Waals surface area contributed by atoms with Gasteiger partial charge in [0.1, 0.15) is 17.6 Å². The summed E-state index contributed by atoms with van der Waals surface area (Å²) in [5, 5.41) is 8.02. The number of nitrogens with zero attached hydrogens (tertiary/aromatic N) is 3. The molecule has 3 rings (SSSR count). The zero-order valence-corrected chi connectivity index (χ0v) is 13.8. The lowest BCUT2D eigenvalue weighted by molar-refractivity contribution is -0.134. The number of imide groups is 1. The Hall–Kier alpha value is -2.26. The highest BCUT2D eigenvalue weighted by Crippen LogP contribution is 2.10. The van der Waals surface area contributed by atoms with Crippen LogP contribution in [0.2, 0.25) is 0 Å². The molecule has 0 radical (unpaired) electrons. The van der Waals surface area contributed by atoms with E-state index in [-0.39, 0.29) is 30.4 Å². The second kappa shape index (κ2) is 8.02. The van der Waals surface area contributed by atoms with Crippen LogP contribution in [0, 0.1) is 0 Å². The molecule has 0 spiro atoms. The normalized spacial score (nSPS) is 20.8. The average molecular weight is 355 g/mol. The summed E-state index contributed by atoms with van der Waals surface area (Å²) in [5.41, 5.74) is 0.147. The molecule has 3 N–H and O–H groups in total. The van der Waals surface area contributed by atoms with Crippen LogP contribution in [-0.2, 0) is 9.59 Å². The first-order valence-electron chi connectivity index (χ1n) is 7.56. The van der Waals surface area contributed by atoms with Crippen LogP contribution in [0.25, 0.3) is 0 Å². The van der Waals surface area contributed by atoms with Crippen molar-refractivity contribution in [3.05, 3.63) is 18.1 Å². The van der Waals surface area contributed by atoms with E-state index in [0.717, 1.165) is 32.0 Å². The minimum absolute atomic E-state index is 0. The lowest BCUT2D eigenvalue weighted by atomic mass is 10.1. The van der Waals surface area contributed by atoms with Gasteiger partial charge in [-0.1, -0.05) is 0 Å². The molecule has 130 valence electrons. The van der Waals surface area contributed by atoms with Gasteiger partial charge in [-0.05, 0) is 6.42 Å². The lowest BCUT2D eigenvalue weighted by Crippen LogP contribution is -2.52. The largest absolute Gasteiger partial charge is 0.353 e. The van der Waals surface area contributed by atoms with Crippen molar-refractivity contribution in [2.45, 2.75) is 18.9 Å². The number of amides is 3. The summed E-state index contributed by atoms with van der Waals surface area (Å²) in [5.74, 6) is -0.552. The maximum Gasteiger partial charge on any atom is 0.272 e. The topological polar surface area (TPSA) is 116 Å². The molecule has 2 aliphatic heterocycles. The van der Waals surface area contributed by atoms with Gasteiger partial charge in [0.15, 0.2) is 0 Å². The van der Waals surface area contributed by atoms with Crippen molar-refractivity contribution >= 4 is 35.9 Å². The van der Waals surface area contributed by atoms with Crippen molar-refractivity contribution in [3.8, 4) is 0 Å². The third-order valence-corrected chi connectivity index (χ3v) is 3.86. The van der Waals surface area contributed by atoms with Gasteiger partial charge in [-0.25, -0.2) is 9.97 Å². The van der Waals surface area contributed by atoms with Gasteiger partial charge in [0.25, 0.3) is 5.91 Å². The van der Waals surface area contributed by atoms with E-state index in [4.69, 9.17) is 0 Å². The Labute approximate surface area is 145 Å². The van der Waals surface area contributed by atoms with E-state index in [1.165, 1.54) is 6.20 Å². The van der Waals surface area contributed by atoms with E-state index < -0.39 is 17.9 Å². The van der Waals surface area contributed by atoms with Gasteiger partial charge in [-0.3, -0.25) is 19.7 Å². The third-order valence-electron chi connectivity index (χ3n) is 3.86. The van der Waals surface area contributed by atoms with Gasteiger partial charge < -0.3 is 15.5 Å². The summed E-state index contributed by atoms with van der Waals surface area (Å²) in [7, 11) is 0. The zero-order valence-electron chi connectivity index (χ0n) is 12.9. The number of carbonyl (C=O) groups is 3. The highest BCUT2D eigenvalue weighted by molar-refractivity contribution is 6.03. The van der Waals surface area contributed by atoms with Crippen LogP contribution in [0.15, 0.2) is 12.4 Å². The van der Waals surface area contributed by atoms with Crippen molar-refractivity contribution in [2.24, 2.45) is 0 Å². The molecule has 1 atom stereocenters. The smallest absolute Gasteiger partial charge is 0.272 e. The standard InChI is InChI=1S/C14H18N6O3.ClH/c21-12-2-1-9(13(22)19-12)18-14(23)10-7-17-11(8-16-10)20-5-3-15-4-6-20;/h7-9,15H,1-6H2,(H,18,23)(H,19,21,22);1H. The summed E-state index contributed by atoms with van der Waals surface area (Å²) in [6.07, 6.45) is 3.47. The van der Waals surface area contributed by atoms with Crippen molar-refractivity contribution in [1.29, 1.82) is 0 Å². The van der Waals surface area contributed by atoms with Gasteiger partial charge in [-0.2, -0.15) is 0 Å². The fourth-order valence-corrected chi connectivity index (χ4v) is 2.56. The predicted octanol–water partition coefficient (Wildman–Crippen LogP) is -1.16. The molecule has 1 aromatic rings. The Balaban J connectivity index is 0.00000208. The first-order chi connectivity index (χ1) is 11.1. The Morgan fingerprint density at radius 3 is 2.58 bits per heavy atom. The minimum atomic E-state index is -0.713. The summed E-state index contributed by atoms with van der Waals surface area (Å²) >= 11 is 0. The number of rotatable bonds is 3. The molecule has 2 aliphatic rings. The van der Waals surface area contributed by atoms with E-state index >= 15 is 0 Å². The highest BCUT2D eigenvalue weighted by Gasteiger charge is 2.28. The number of carbonyl (C=O) groups excluding carboxylic acids is 3. The van der Waals surface area contributed by atoms with Crippen molar-refractivity contribution in [3.63, 3.8) is 0 Å². The molecule has 3 heterocycles.